The van der Waals surface area contributed by atoms with Gasteiger partial charge in [0.25, 0.3) is 5.56 Å². The molecule has 0 saturated heterocycles. The van der Waals surface area contributed by atoms with E-state index < -0.39 is 10.8 Å². The van der Waals surface area contributed by atoms with Crippen molar-refractivity contribution >= 4 is 17.7 Å². The highest BCUT2D eigenvalue weighted by molar-refractivity contribution is 8.00. The molecule has 182 valence electrons. The molecule has 1 aromatic carbocycles. The molecule has 3 heterocycles. The predicted octanol–water partition coefficient (Wildman–Crippen LogP) is 4.08. The minimum atomic E-state index is -0.766. The Bertz CT molecular complexity index is 1290. The zero-order chi connectivity index (χ0) is 24.4. The average Bonchev–Trinajstić information content (AvgIpc) is 3.04. The fourth-order valence-electron chi connectivity index (χ4n) is 5.16. The number of benzene rings is 1. The Kier molecular flexibility index (Phi) is 6.65. The number of carbonyl (C=O) groups excluding carboxylic acids is 1. The van der Waals surface area contributed by atoms with Gasteiger partial charge >= 0.3 is 0 Å². The lowest BCUT2D eigenvalue weighted by Crippen LogP contribution is -2.51. The number of fused-ring (bicyclic) bond motifs is 3. The van der Waals surface area contributed by atoms with Gasteiger partial charge < -0.3 is 9.88 Å². The fourth-order valence-corrected chi connectivity index (χ4v) is 6.11. The molecule has 1 atom stereocenters. The molecule has 3 aliphatic heterocycles. The number of thioether (sulfide) groups is 1. The molecular formula is C26H30N6O2S. The van der Waals surface area contributed by atoms with E-state index >= 15 is 0 Å². The first-order valence-electron chi connectivity index (χ1n) is 12.5. The highest BCUT2D eigenvalue weighted by Gasteiger charge is 2.35. The van der Waals surface area contributed by atoms with Gasteiger partial charge in [-0.2, -0.15) is 9.94 Å². The van der Waals surface area contributed by atoms with E-state index in [1.165, 1.54) is 16.4 Å². The van der Waals surface area contributed by atoms with Crippen LogP contribution in [0.5, 0.6) is 0 Å². The number of amides is 1. The van der Waals surface area contributed by atoms with Crippen LogP contribution in [0.3, 0.4) is 0 Å². The van der Waals surface area contributed by atoms with Gasteiger partial charge in [-0.1, -0.05) is 55.6 Å². The molecule has 5 rings (SSSR count). The van der Waals surface area contributed by atoms with Crippen molar-refractivity contribution in [2.45, 2.75) is 87.2 Å². The molecule has 1 fully saturated rings. The summed E-state index contributed by atoms with van der Waals surface area (Å²) in [6.45, 7) is 2.61. The monoisotopic (exact) mass is 490 g/mol. The summed E-state index contributed by atoms with van der Waals surface area (Å²) in [6, 6.07) is 11.7. The van der Waals surface area contributed by atoms with Gasteiger partial charge in [-0.25, -0.2) is 4.98 Å². The van der Waals surface area contributed by atoms with Crippen LogP contribution in [0.4, 0.5) is 0 Å². The van der Waals surface area contributed by atoms with Crippen molar-refractivity contribution < 1.29 is 4.79 Å². The number of para-hydroxylation sites is 1. The van der Waals surface area contributed by atoms with Crippen LogP contribution in [0, 0.1) is 11.3 Å². The van der Waals surface area contributed by atoms with Crippen LogP contribution in [0.1, 0.15) is 64.0 Å². The molecule has 0 spiro atoms. The van der Waals surface area contributed by atoms with E-state index in [0.29, 0.717) is 35.1 Å². The van der Waals surface area contributed by atoms with Gasteiger partial charge in [0.15, 0.2) is 11.0 Å². The molecule has 1 unspecified atom stereocenters. The topological polar surface area (TPSA) is 106 Å². The number of nitrogens with one attached hydrogen (secondary N) is 1. The van der Waals surface area contributed by atoms with Gasteiger partial charge in [-0.15, -0.1) is 5.10 Å². The van der Waals surface area contributed by atoms with Crippen LogP contribution in [-0.4, -0.2) is 36.0 Å². The molecule has 0 radical (unpaired) electrons. The van der Waals surface area contributed by atoms with Gasteiger partial charge in [0.05, 0.1) is 17.0 Å². The first-order chi connectivity index (χ1) is 17.0. The van der Waals surface area contributed by atoms with Crippen molar-refractivity contribution in [3.05, 3.63) is 46.4 Å². The van der Waals surface area contributed by atoms with E-state index in [4.69, 9.17) is 4.98 Å². The molecule has 1 amide bonds. The third-order valence-electron chi connectivity index (χ3n) is 7.10. The van der Waals surface area contributed by atoms with Crippen LogP contribution >= 0.6 is 11.8 Å². The smallest absolute Gasteiger partial charge is 0.284 e. The molecule has 0 aromatic heterocycles. The number of nitrogens with zero attached hydrogens (tertiary/aromatic N) is 5. The zero-order valence-electron chi connectivity index (χ0n) is 20.0. The van der Waals surface area contributed by atoms with Crippen LogP contribution in [0.2, 0.25) is 0 Å². The molecule has 35 heavy (non-hydrogen) atoms. The largest absolute Gasteiger partial charge is 0.337 e. The summed E-state index contributed by atoms with van der Waals surface area (Å²) < 4.78 is 3.54. The summed E-state index contributed by atoms with van der Waals surface area (Å²) in [5, 5.41) is 17.6. The summed E-state index contributed by atoms with van der Waals surface area (Å²) in [4.78, 5) is 31.3. The van der Waals surface area contributed by atoms with Crippen LogP contribution in [-0.2, 0) is 17.8 Å². The Hall–Kier alpha value is -3.12. The Morgan fingerprint density at radius 2 is 1.89 bits per heavy atom. The highest BCUT2D eigenvalue weighted by atomic mass is 32.2. The fraction of sp³-hybridized carbons (Fsp3) is 0.500. The predicted molar refractivity (Wildman–Crippen MR) is 135 cm³/mol. The standard InChI is InChI=1S/C26H30N6O2S/c1-18(23(33)29-26(17-27)14-8-4-9-15-26)35-25-28-22-21(20-13-7-3-10-16-31(20)25)24(34)32(30-22)19-11-5-2-6-12-19/h2,5-6,11-12,18H,3-4,7-10,13-16H2,1H3,(H,29,33). The van der Waals surface area contributed by atoms with Crippen molar-refractivity contribution in [3.8, 4) is 23.1 Å². The normalized spacial score (nSPS) is 18.3. The lowest BCUT2D eigenvalue weighted by Gasteiger charge is -2.32. The second-order valence-corrected chi connectivity index (χ2v) is 10.9. The van der Waals surface area contributed by atoms with Gasteiger partial charge in [0.2, 0.25) is 5.91 Å². The molecule has 1 N–H and O–H groups in total. The molecule has 1 aromatic rings. The minimum absolute atomic E-state index is 0.150. The summed E-state index contributed by atoms with van der Waals surface area (Å²) >= 11 is 1.38. The second kappa shape index (κ2) is 9.86. The Labute approximate surface area is 209 Å². The van der Waals surface area contributed by atoms with E-state index in [9.17, 15) is 14.9 Å². The number of carbonyl (C=O) groups is 1. The molecular weight excluding hydrogens is 460 g/mol. The molecule has 9 heteroatoms. The van der Waals surface area contributed by atoms with Crippen LogP contribution in [0.15, 0.2) is 40.3 Å². The highest BCUT2D eigenvalue weighted by Crippen LogP contribution is 2.33. The van der Waals surface area contributed by atoms with E-state index in [0.717, 1.165) is 57.2 Å². The van der Waals surface area contributed by atoms with Gasteiger partial charge in [-0.3, -0.25) is 9.59 Å². The molecule has 4 aliphatic rings. The Morgan fingerprint density at radius 1 is 1.14 bits per heavy atom. The molecule has 0 bridgehead atoms. The van der Waals surface area contributed by atoms with Crippen molar-refractivity contribution in [2.24, 2.45) is 0 Å². The minimum Gasteiger partial charge on any atom is -0.337 e. The van der Waals surface area contributed by atoms with E-state index in [-0.39, 0.29) is 11.5 Å². The van der Waals surface area contributed by atoms with Crippen molar-refractivity contribution in [3.63, 3.8) is 0 Å². The first kappa shape index (κ1) is 23.6. The summed E-state index contributed by atoms with van der Waals surface area (Å²) in [5.74, 6) is 0.269. The number of hydrogen-bond acceptors (Lipinski definition) is 6. The third kappa shape index (κ3) is 4.59. The third-order valence-corrected chi connectivity index (χ3v) is 8.19. The number of nitriles is 1. The quantitative estimate of drug-likeness (QED) is 0.427. The lowest BCUT2D eigenvalue weighted by atomic mass is 9.83. The summed E-state index contributed by atoms with van der Waals surface area (Å²) in [5.41, 5.74) is 1.31. The summed E-state index contributed by atoms with van der Waals surface area (Å²) in [6.07, 6.45) is 8.27. The van der Waals surface area contributed by atoms with Crippen molar-refractivity contribution in [2.75, 3.05) is 0 Å². The molecule has 1 saturated carbocycles. The lowest BCUT2D eigenvalue weighted by molar-refractivity contribution is -0.121. The van der Waals surface area contributed by atoms with Gasteiger partial charge in [0.1, 0.15) is 11.1 Å². The maximum atomic E-state index is 13.4. The Balaban J connectivity index is 1.50. The first-order valence-corrected chi connectivity index (χ1v) is 13.4. The van der Waals surface area contributed by atoms with E-state index in [1.807, 2.05) is 37.3 Å². The second-order valence-electron chi connectivity index (χ2n) is 9.56. The van der Waals surface area contributed by atoms with Crippen molar-refractivity contribution in [1.82, 2.24) is 24.6 Å². The van der Waals surface area contributed by atoms with Crippen LogP contribution in [0.25, 0.3) is 17.1 Å². The van der Waals surface area contributed by atoms with Gasteiger partial charge in [0, 0.05) is 12.2 Å². The molecule has 1 aliphatic carbocycles. The van der Waals surface area contributed by atoms with Crippen molar-refractivity contribution in [1.29, 1.82) is 5.26 Å². The number of rotatable bonds is 5. The van der Waals surface area contributed by atoms with E-state index in [1.54, 1.807) is 0 Å². The average molecular weight is 491 g/mol. The van der Waals surface area contributed by atoms with E-state index in [2.05, 4.69) is 21.1 Å². The number of aromatic nitrogens is 4. The molecule has 8 nitrogen and oxygen atoms in total. The van der Waals surface area contributed by atoms with Crippen LogP contribution < -0.4 is 10.9 Å². The van der Waals surface area contributed by atoms with Gasteiger partial charge in [-0.05, 0) is 51.2 Å². The number of hydrogen-bond donors (Lipinski definition) is 1. The maximum absolute atomic E-state index is 13.4. The zero-order valence-corrected chi connectivity index (χ0v) is 20.8. The Morgan fingerprint density at radius 3 is 2.63 bits per heavy atom. The maximum Gasteiger partial charge on any atom is 0.284 e. The summed E-state index contributed by atoms with van der Waals surface area (Å²) in [7, 11) is 0. The SMILES string of the molecule is CC(Sc1nc2nn(-c3ccccc3)c(=O)c-2c2n1CCCCC2)C(=O)NC1(C#N)CCCCC1.